The number of aryl methyl sites for hydroxylation is 1. The first-order valence-corrected chi connectivity index (χ1v) is 13.1. The van der Waals surface area contributed by atoms with Gasteiger partial charge in [0.1, 0.15) is 4.21 Å². The smallest absolute Gasteiger partial charge is 0.253 e. The van der Waals surface area contributed by atoms with E-state index < -0.39 is 10.0 Å². The summed E-state index contributed by atoms with van der Waals surface area (Å²) in [5.74, 6) is 0.679. The zero-order valence-corrected chi connectivity index (χ0v) is 20.1. The normalized spacial score (nSPS) is 14.9. The lowest BCUT2D eigenvalue weighted by molar-refractivity contribution is 0.0698. The topological polar surface area (TPSA) is 96.6 Å². The number of thiophene rings is 1. The van der Waals surface area contributed by atoms with E-state index in [1.54, 1.807) is 46.7 Å². The molecule has 5 rings (SSSR count). The third-order valence-electron chi connectivity index (χ3n) is 5.72. The van der Waals surface area contributed by atoms with Gasteiger partial charge >= 0.3 is 0 Å². The van der Waals surface area contributed by atoms with E-state index in [0.717, 1.165) is 11.1 Å². The molecule has 0 atom stereocenters. The van der Waals surface area contributed by atoms with Crippen LogP contribution in [0.5, 0.6) is 0 Å². The molecule has 1 aliphatic heterocycles. The maximum absolute atomic E-state index is 13.0. The minimum Gasteiger partial charge on any atom is -0.416 e. The lowest BCUT2D eigenvalue weighted by Crippen LogP contribution is -2.50. The number of carbonyl (C=O) groups excluding carboxylic acids is 1. The van der Waals surface area contributed by atoms with Gasteiger partial charge in [-0.15, -0.1) is 21.5 Å². The molecular weight excluding hydrogens is 472 g/mol. The van der Waals surface area contributed by atoms with Crippen LogP contribution in [0, 0.1) is 6.92 Å². The molecule has 2 aromatic heterocycles. The molecule has 2 aromatic carbocycles. The molecule has 3 heterocycles. The first-order valence-electron chi connectivity index (χ1n) is 10.8. The number of hydrogen-bond donors (Lipinski definition) is 0. The average Bonchev–Trinajstić information content (AvgIpc) is 3.58. The summed E-state index contributed by atoms with van der Waals surface area (Å²) in [6, 6.07) is 18.2. The summed E-state index contributed by atoms with van der Waals surface area (Å²) in [7, 11) is -3.50. The van der Waals surface area contributed by atoms with Crippen molar-refractivity contribution >= 4 is 27.3 Å². The summed E-state index contributed by atoms with van der Waals surface area (Å²) in [6.07, 6.45) is 0. The van der Waals surface area contributed by atoms with Crippen LogP contribution in [0.2, 0.25) is 0 Å². The molecule has 0 radical (unpaired) electrons. The van der Waals surface area contributed by atoms with Gasteiger partial charge in [-0.25, -0.2) is 8.42 Å². The van der Waals surface area contributed by atoms with Gasteiger partial charge in [0.25, 0.3) is 15.9 Å². The molecule has 1 fully saturated rings. The van der Waals surface area contributed by atoms with E-state index in [1.165, 1.54) is 15.6 Å². The number of piperazine rings is 1. The molecule has 1 amide bonds. The number of benzene rings is 2. The highest BCUT2D eigenvalue weighted by atomic mass is 32.2. The number of hydrogen-bond acceptors (Lipinski definition) is 7. The van der Waals surface area contributed by atoms with Crippen molar-refractivity contribution in [3.05, 3.63) is 77.2 Å². The highest BCUT2D eigenvalue weighted by molar-refractivity contribution is 7.91. The van der Waals surface area contributed by atoms with Gasteiger partial charge in [0, 0.05) is 42.9 Å². The predicted octanol–water partition coefficient (Wildman–Crippen LogP) is 3.92. The fourth-order valence-corrected chi connectivity index (χ4v) is 6.33. The number of sulfonamides is 1. The van der Waals surface area contributed by atoms with Crippen molar-refractivity contribution in [1.82, 2.24) is 19.4 Å². The first kappa shape index (κ1) is 22.5. The summed E-state index contributed by atoms with van der Waals surface area (Å²) < 4.78 is 32.9. The second-order valence-electron chi connectivity index (χ2n) is 7.98. The Hall–Kier alpha value is -3.34. The number of nitrogens with zero attached hydrogens (tertiary/aromatic N) is 4. The van der Waals surface area contributed by atoms with Gasteiger partial charge in [0.15, 0.2) is 0 Å². The standard InChI is InChI=1S/C24H22N4O4S2/c1-17-4-6-18(7-5-17)22-25-26-23(32-22)19-8-10-20(11-9-19)24(29)27-12-14-28(15-13-27)34(30,31)21-3-2-16-33-21/h2-11,16H,12-15H2,1H3. The summed E-state index contributed by atoms with van der Waals surface area (Å²) in [5.41, 5.74) is 3.23. The van der Waals surface area contributed by atoms with Crippen LogP contribution >= 0.6 is 11.3 Å². The second kappa shape index (κ2) is 9.13. The summed E-state index contributed by atoms with van der Waals surface area (Å²) in [6.45, 7) is 3.24. The van der Waals surface area contributed by atoms with Crippen molar-refractivity contribution in [2.75, 3.05) is 26.2 Å². The van der Waals surface area contributed by atoms with Gasteiger partial charge in [-0.2, -0.15) is 4.31 Å². The Morgan fingerprint density at radius 2 is 1.47 bits per heavy atom. The molecule has 10 heteroatoms. The van der Waals surface area contributed by atoms with Crippen LogP contribution in [0.15, 0.2) is 74.7 Å². The van der Waals surface area contributed by atoms with Gasteiger partial charge in [-0.3, -0.25) is 4.79 Å². The third kappa shape index (κ3) is 4.39. The average molecular weight is 495 g/mol. The second-order valence-corrected chi connectivity index (χ2v) is 11.1. The van der Waals surface area contributed by atoms with Crippen LogP contribution in [0.25, 0.3) is 22.9 Å². The van der Waals surface area contributed by atoms with Gasteiger partial charge in [0.2, 0.25) is 11.8 Å². The first-order chi connectivity index (χ1) is 16.4. The molecule has 8 nitrogen and oxygen atoms in total. The number of carbonyl (C=O) groups is 1. The molecule has 0 aliphatic carbocycles. The van der Waals surface area contributed by atoms with Crippen LogP contribution in [0.4, 0.5) is 0 Å². The van der Waals surface area contributed by atoms with E-state index >= 15 is 0 Å². The number of aromatic nitrogens is 2. The van der Waals surface area contributed by atoms with Gasteiger partial charge in [0.05, 0.1) is 0 Å². The maximum Gasteiger partial charge on any atom is 0.253 e. The highest BCUT2D eigenvalue weighted by Gasteiger charge is 2.31. The monoisotopic (exact) mass is 494 g/mol. The van der Waals surface area contributed by atoms with Crippen molar-refractivity contribution in [2.24, 2.45) is 0 Å². The Morgan fingerprint density at radius 1 is 0.882 bits per heavy atom. The van der Waals surface area contributed by atoms with E-state index in [1.807, 2.05) is 31.2 Å². The lowest BCUT2D eigenvalue weighted by Gasteiger charge is -2.33. The van der Waals surface area contributed by atoms with Crippen LogP contribution in [-0.4, -0.2) is 59.9 Å². The minimum absolute atomic E-state index is 0.134. The third-order valence-corrected chi connectivity index (χ3v) is 8.99. The predicted molar refractivity (Wildman–Crippen MR) is 129 cm³/mol. The van der Waals surface area contributed by atoms with E-state index in [0.29, 0.717) is 40.2 Å². The van der Waals surface area contributed by atoms with Crippen LogP contribution in [0.1, 0.15) is 15.9 Å². The van der Waals surface area contributed by atoms with Gasteiger partial charge in [-0.1, -0.05) is 23.8 Å². The van der Waals surface area contributed by atoms with Crippen molar-refractivity contribution < 1.29 is 17.6 Å². The van der Waals surface area contributed by atoms with Crippen molar-refractivity contribution in [3.8, 4) is 22.9 Å². The molecule has 0 saturated carbocycles. The Bertz CT molecular complexity index is 1390. The van der Waals surface area contributed by atoms with Crippen LogP contribution in [-0.2, 0) is 10.0 Å². The molecule has 1 saturated heterocycles. The quantitative estimate of drug-likeness (QED) is 0.417. The van der Waals surface area contributed by atoms with E-state index in [9.17, 15) is 13.2 Å². The largest absolute Gasteiger partial charge is 0.416 e. The molecule has 0 bridgehead atoms. The summed E-state index contributed by atoms with van der Waals surface area (Å²) in [4.78, 5) is 14.6. The van der Waals surface area contributed by atoms with E-state index in [-0.39, 0.29) is 19.0 Å². The summed E-state index contributed by atoms with van der Waals surface area (Å²) in [5, 5.41) is 10.00. The number of rotatable bonds is 5. The molecule has 34 heavy (non-hydrogen) atoms. The lowest BCUT2D eigenvalue weighted by atomic mass is 10.1. The van der Waals surface area contributed by atoms with Crippen LogP contribution < -0.4 is 0 Å². The minimum atomic E-state index is -3.50. The molecule has 1 aliphatic rings. The Kier molecular flexibility index (Phi) is 6.03. The fourth-order valence-electron chi connectivity index (χ4n) is 3.76. The Labute approximate surface area is 201 Å². The van der Waals surface area contributed by atoms with Gasteiger partial charge in [-0.05, 0) is 54.8 Å². The maximum atomic E-state index is 13.0. The zero-order valence-electron chi connectivity index (χ0n) is 18.4. The Balaban J connectivity index is 1.24. The van der Waals surface area contributed by atoms with Crippen LogP contribution in [0.3, 0.4) is 0 Å². The van der Waals surface area contributed by atoms with Gasteiger partial charge < -0.3 is 9.32 Å². The Morgan fingerprint density at radius 3 is 2.03 bits per heavy atom. The van der Waals surface area contributed by atoms with Crippen molar-refractivity contribution in [1.29, 1.82) is 0 Å². The molecule has 0 spiro atoms. The molecule has 0 N–H and O–H groups in total. The molecular formula is C24H22N4O4S2. The van der Waals surface area contributed by atoms with Crippen molar-refractivity contribution in [2.45, 2.75) is 11.1 Å². The van der Waals surface area contributed by atoms with E-state index in [2.05, 4.69) is 10.2 Å². The highest BCUT2D eigenvalue weighted by Crippen LogP contribution is 2.25. The molecule has 0 unspecified atom stereocenters. The fraction of sp³-hybridized carbons (Fsp3) is 0.208. The molecule has 174 valence electrons. The number of amides is 1. The molecule has 4 aromatic rings. The zero-order chi connectivity index (χ0) is 23.7. The SMILES string of the molecule is Cc1ccc(-c2nnc(-c3ccc(C(=O)N4CCN(S(=O)(=O)c5cccs5)CC4)cc3)o2)cc1. The van der Waals surface area contributed by atoms with Crippen molar-refractivity contribution in [3.63, 3.8) is 0 Å². The van der Waals surface area contributed by atoms with E-state index in [4.69, 9.17) is 4.42 Å². The summed E-state index contributed by atoms with van der Waals surface area (Å²) >= 11 is 1.20.